The van der Waals surface area contributed by atoms with E-state index in [2.05, 4.69) is 42.3 Å². The summed E-state index contributed by atoms with van der Waals surface area (Å²) in [5.74, 6) is 1.90. The average molecular weight is 408 g/mol. The molecule has 2 N–H and O–H groups in total. The summed E-state index contributed by atoms with van der Waals surface area (Å²) in [6.45, 7) is 11.3. The largest absolute Gasteiger partial charge is 0.493 e. The van der Waals surface area contributed by atoms with Gasteiger partial charge >= 0.3 is 0 Å². The predicted molar refractivity (Wildman–Crippen MR) is 124 cm³/mol. The minimum atomic E-state index is 0.0621. The van der Waals surface area contributed by atoms with Gasteiger partial charge in [0.15, 0.2) is 0 Å². The number of fused-ring (bicyclic) bond motifs is 1. The minimum Gasteiger partial charge on any atom is -0.493 e. The van der Waals surface area contributed by atoms with E-state index in [4.69, 9.17) is 4.74 Å². The Labute approximate surface area is 178 Å². The molecule has 1 saturated heterocycles. The summed E-state index contributed by atoms with van der Waals surface area (Å²) in [5.41, 5.74) is 6.47. The lowest BCUT2D eigenvalue weighted by molar-refractivity contribution is 0.215. The van der Waals surface area contributed by atoms with E-state index in [1.165, 1.54) is 23.8 Å². The van der Waals surface area contributed by atoms with Crippen molar-refractivity contribution >= 4 is 10.9 Å². The first-order valence-corrected chi connectivity index (χ1v) is 11.0. The Hall–Kier alpha value is -2.53. The van der Waals surface area contributed by atoms with Crippen LogP contribution in [0.2, 0.25) is 0 Å². The second-order valence-corrected chi connectivity index (χ2v) is 8.99. The number of nitrogens with one attached hydrogen (secondary N) is 2. The zero-order valence-electron chi connectivity index (χ0n) is 18.8. The average Bonchev–Trinajstić information content (AvgIpc) is 3.12. The standard InChI is InChI=1S/C25H33N3O2/c1-15(2)23-20-12-19(30-14-18-8-10-26-11-9-18)6-7-22(20)27-24(23)21-13-28(5)25(29)17(4)16(21)3/h6-7,12-13,15,18,26-27H,8-11,14H2,1-5H3. The van der Waals surface area contributed by atoms with Crippen LogP contribution in [-0.4, -0.2) is 29.2 Å². The lowest BCUT2D eigenvalue weighted by atomic mass is 9.94. The number of aryl methyl sites for hydroxylation is 1. The topological polar surface area (TPSA) is 59.0 Å². The van der Waals surface area contributed by atoms with Gasteiger partial charge in [0.25, 0.3) is 5.56 Å². The van der Waals surface area contributed by atoms with Crippen LogP contribution >= 0.6 is 0 Å². The molecule has 160 valence electrons. The normalized spacial score (nSPS) is 15.3. The van der Waals surface area contributed by atoms with E-state index in [1.54, 1.807) is 4.57 Å². The maximum absolute atomic E-state index is 12.3. The van der Waals surface area contributed by atoms with Crippen molar-refractivity contribution in [1.82, 2.24) is 14.9 Å². The highest BCUT2D eigenvalue weighted by molar-refractivity contribution is 5.92. The van der Waals surface area contributed by atoms with Crippen LogP contribution in [0.4, 0.5) is 0 Å². The first kappa shape index (κ1) is 20.7. The van der Waals surface area contributed by atoms with Crippen molar-refractivity contribution in [2.75, 3.05) is 19.7 Å². The zero-order valence-corrected chi connectivity index (χ0v) is 18.8. The van der Waals surface area contributed by atoms with E-state index >= 15 is 0 Å². The van der Waals surface area contributed by atoms with Crippen LogP contribution in [0.15, 0.2) is 29.2 Å². The van der Waals surface area contributed by atoms with Gasteiger partial charge < -0.3 is 19.6 Å². The molecule has 5 nitrogen and oxygen atoms in total. The molecule has 0 saturated carbocycles. The van der Waals surface area contributed by atoms with Crippen molar-refractivity contribution in [3.8, 4) is 17.0 Å². The fraction of sp³-hybridized carbons (Fsp3) is 0.480. The Balaban J connectivity index is 1.75. The van der Waals surface area contributed by atoms with Crippen LogP contribution in [0.1, 0.15) is 49.3 Å². The molecule has 0 spiro atoms. The zero-order chi connectivity index (χ0) is 21.4. The first-order valence-electron chi connectivity index (χ1n) is 11.0. The molecule has 3 heterocycles. The molecular formula is C25H33N3O2. The van der Waals surface area contributed by atoms with Gasteiger partial charge in [0.1, 0.15) is 5.75 Å². The number of pyridine rings is 1. The highest BCUT2D eigenvalue weighted by atomic mass is 16.5. The third kappa shape index (κ3) is 3.79. The summed E-state index contributed by atoms with van der Waals surface area (Å²) in [4.78, 5) is 16.0. The molecule has 1 aliphatic heterocycles. The van der Waals surface area contributed by atoms with E-state index in [-0.39, 0.29) is 5.56 Å². The lowest BCUT2D eigenvalue weighted by Gasteiger charge is -2.22. The number of piperidine rings is 1. The van der Waals surface area contributed by atoms with E-state index in [9.17, 15) is 4.79 Å². The van der Waals surface area contributed by atoms with Gasteiger partial charge in [0.05, 0.1) is 12.3 Å². The highest BCUT2D eigenvalue weighted by Gasteiger charge is 2.20. The molecule has 3 aromatic rings. The number of benzene rings is 1. The lowest BCUT2D eigenvalue weighted by Crippen LogP contribution is -2.30. The van der Waals surface area contributed by atoms with Gasteiger partial charge in [-0.3, -0.25) is 4.79 Å². The van der Waals surface area contributed by atoms with E-state index in [0.29, 0.717) is 11.8 Å². The number of nitrogens with zero attached hydrogens (tertiary/aromatic N) is 1. The van der Waals surface area contributed by atoms with Gasteiger partial charge in [-0.15, -0.1) is 0 Å². The van der Waals surface area contributed by atoms with Gasteiger partial charge in [-0.25, -0.2) is 0 Å². The van der Waals surface area contributed by atoms with Gasteiger partial charge in [-0.05, 0) is 80.9 Å². The monoisotopic (exact) mass is 407 g/mol. The third-order valence-corrected chi connectivity index (χ3v) is 6.53. The summed E-state index contributed by atoms with van der Waals surface area (Å²) < 4.78 is 7.88. The maximum Gasteiger partial charge on any atom is 0.253 e. The van der Waals surface area contributed by atoms with Gasteiger partial charge in [-0.2, -0.15) is 0 Å². The van der Waals surface area contributed by atoms with Gasteiger partial charge in [-0.1, -0.05) is 13.8 Å². The molecule has 30 heavy (non-hydrogen) atoms. The van der Waals surface area contributed by atoms with Crippen molar-refractivity contribution in [1.29, 1.82) is 0 Å². The summed E-state index contributed by atoms with van der Waals surface area (Å²) in [6, 6.07) is 6.36. The second-order valence-electron chi connectivity index (χ2n) is 8.99. The van der Waals surface area contributed by atoms with Crippen LogP contribution in [-0.2, 0) is 7.05 Å². The molecule has 0 unspecified atom stereocenters. The van der Waals surface area contributed by atoms with E-state index < -0.39 is 0 Å². The number of H-pyrrole nitrogens is 1. The van der Waals surface area contributed by atoms with Gasteiger partial charge in [0, 0.05) is 35.3 Å². The number of rotatable bonds is 5. The smallest absolute Gasteiger partial charge is 0.253 e. The molecule has 4 rings (SSSR count). The Bertz CT molecular complexity index is 1120. The number of ether oxygens (including phenoxy) is 1. The fourth-order valence-corrected chi connectivity index (χ4v) is 4.58. The first-order chi connectivity index (χ1) is 14.4. The third-order valence-electron chi connectivity index (χ3n) is 6.53. The van der Waals surface area contributed by atoms with Gasteiger partial charge in [0.2, 0.25) is 0 Å². The molecular weight excluding hydrogens is 374 g/mol. The van der Waals surface area contributed by atoms with Crippen molar-refractivity contribution < 1.29 is 4.74 Å². The van der Waals surface area contributed by atoms with Crippen molar-refractivity contribution in [3.05, 3.63) is 51.4 Å². The molecule has 0 aliphatic carbocycles. The van der Waals surface area contributed by atoms with E-state index in [1.807, 2.05) is 27.1 Å². The molecule has 0 radical (unpaired) electrons. The van der Waals surface area contributed by atoms with Crippen LogP contribution in [0.5, 0.6) is 5.75 Å². The van der Waals surface area contributed by atoms with Crippen LogP contribution in [0.25, 0.3) is 22.2 Å². The predicted octanol–water partition coefficient (Wildman–Crippen LogP) is 4.65. The summed E-state index contributed by atoms with van der Waals surface area (Å²) in [5, 5.41) is 4.61. The molecule has 1 fully saturated rings. The minimum absolute atomic E-state index is 0.0621. The molecule has 5 heteroatoms. The summed E-state index contributed by atoms with van der Waals surface area (Å²) in [7, 11) is 1.82. The Morgan fingerprint density at radius 2 is 1.90 bits per heavy atom. The van der Waals surface area contributed by atoms with Crippen LogP contribution in [0, 0.1) is 19.8 Å². The number of aromatic nitrogens is 2. The molecule has 1 aromatic carbocycles. The fourth-order valence-electron chi connectivity index (χ4n) is 4.58. The number of hydrogen-bond acceptors (Lipinski definition) is 3. The molecule has 0 bridgehead atoms. The Morgan fingerprint density at radius 3 is 2.60 bits per heavy atom. The van der Waals surface area contributed by atoms with Crippen molar-refractivity contribution in [3.63, 3.8) is 0 Å². The molecule has 0 amide bonds. The van der Waals surface area contributed by atoms with Crippen molar-refractivity contribution in [2.24, 2.45) is 13.0 Å². The number of hydrogen-bond donors (Lipinski definition) is 2. The summed E-state index contributed by atoms with van der Waals surface area (Å²) >= 11 is 0. The Morgan fingerprint density at radius 1 is 1.17 bits per heavy atom. The second kappa shape index (κ2) is 8.31. The Kier molecular flexibility index (Phi) is 5.74. The SMILES string of the molecule is Cc1c(-c2[nH]c3ccc(OCC4CCNCC4)cc3c2C(C)C)cn(C)c(=O)c1C. The van der Waals surface area contributed by atoms with Crippen LogP contribution < -0.4 is 15.6 Å². The van der Waals surface area contributed by atoms with Crippen LogP contribution in [0.3, 0.4) is 0 Å². The van der Waals surface area contributed by atoms with Crippen molar-refractivity contribution in [2.45, 2.75) is 46.5 Å². The molecule has 2 aromatic heterocycles. The highest BCUT2D eigenvalue weighted by Crippen LogP contribution is 2.38. The summed E-state index contributed by atoms with van der Waals surface area (Å²) in [6.07, 6.45) is 4.31. The van der Waals surface area contributed by atoms with E-state index in [0.717, 1.165) is 53.3 Å². The molecule has 0 atom stereocenters. The number of aromatic amines is 1. The maximum atomic E-state index is 12.3. The molecule has 1 aliphatic rings. The quantitative estimate of drug-likeness (QED) is 0.647.